The van der Waals surface area contributed by atoms with E-state index in [1.54, 1.807) is 0 Å². The van der Waals surface area contributed by atoms with Crippen LogP contribution in [0.5, 0.6) is 0 Å². The van der Waals surface area contributed by atoms with Gasteiger partial charge in [0, 0.05) is 32.1 Å². The van der Waals surface area contributed by atoms with Crippen LogP contribution in [-0.2, 0) is 9.59 Å². The normalized spacial score (nSPS) is 24.7. The predicted molar refractivity (Wildman–Crippen MR) is 98.1 cm³/mol. The van der Waals surface area contributed by atoms with Gasteiger partial charge in [-0.3, -0.25) is 14.5 Å². The van der Waals surface area contributed by atoms with Crippen LogP contribution < -0.4 is 5.32 Å². The first-order valence-corrected chi connectivity index (χ1v) is 9.31. The Hall–Kier alpha value is -1.88. The summed E-state index contributed by atoms with van der Waals surface area (Å²) in [6.45, 7) is 8.61. The van der Waals surface area contributed by atoms with Crippen LogP contribution in [-0.4, -0.2) is 53.3 Å². The number of hydrogen-bond acceptors (Lipinski definition) is 3. The number of hydrogen-bond donors (Lipinski definition) is 1. The third-order valence-corrected chi connectivity index (χ3v) is 5.49. The van der Waals surface area contributed by atoms with Crippen molar-refractivity contribution in [2.75, 3.05) is 19.6 Å². The van der Waals surface area contributed by atoms with Gasteiger partial charge in [0.15, 0.2) is 0 Å². The molecule has 2 heterocycles. The first-order valence-electron chi connectivity index (χ1n) is 9.31. The SMILES string of the molecule is CC(=O)N[C@H](CC(=O)N1C[C@H]2CCCN2C[C@@H]1C)c1ccc(C)cc1. The number of piperazine rings is 1. The van der Waals surface area contributed by atoms with Gasteiger partial charge in [0.2, 0.25) is 11.8 Å². The molecule has 5 heteroatoms. The van der Waals surface area contributed by atoms with Gasteiger partial charge in [0.25, 0.3) is 0 Å². The second-order valence-corrected chi connectivity index (χ2v) is 7.55. The van der Waals surface area contributed by atoms with E-state index >= 15 is 0 Å². The molecule has 2 saturated heterocycles. The molecule has 5 nitrogen and oxygen atoms in total. The molecule has 136 valence electrons. The summed E-state index contributed by atoms with van der Waals surface area (Å²) < 4.78 is 0. The zero-order valence-corrected chi connectivity index (χ0v) is 15.5. The fourth-order valence-corrected chi connectivity index (χ4v) is 4.12. The lowest BCUT2D eigenvalue weighted by molar-refractivity contribution is -0.137. The molecule has 3 atom stereocenters. The van der Waals surface area contributed by atoms with Crippen LogP contribution in [0.4, 0.5) is 0 Å². The number of rotatable bonds is 4. The quantitative estimate of drug-likeness (QED) is 0.912. The van der Waals surface area contributed by atoms with Crippen LogP contribution in [0.3, 0.4) is 0 Å². The Morgan fingerprint density at radius 3 is 2.64 bits per heavy atom. The lowest BCUT2D eigenvalue weighted by Gasteiger charge is -2.42. The lowest BCUT2D eigenvalue weighted by atomic mass is 10.00. The Morgan fingerprint density at radius 2 is 1.96 bits per heavy atom. The van der Waals surface area contributed by atoms with Gasteiger partial charge in [-0.2, -0.15) is 0 Å². The van der Waals surface area contributed by atoms with Crippen molar-refractivity contribution in [1.82, 2.24) is 15.1 Å². The van der Waals surface area contributed by atoms with E-state index in [1.807, 2.05) is 36.1 Å². The number of benzene rings is 1. The first kappa shape index (κ1) is 17.9. The maximum Gasteiger partial charge on any atom is 0.225 e. The van der Waals surface area contributed by atoms with E-state index in [0.717, 1.165) is 25.2 Å². The van der Waals surface area contributed by atoms with E-state index in [2.05, 4.69) is 17.1 Å². The molecule has 25 heavy (non-hydrogen) atoms. The van der Waals surface area contributed by atoms with Crippen molar-refractivity contribution in [1.29, 1.82) is 0 Å². The van der Waals surface area contributed by atoms with Crippen LogP contribution in [0.25, 0.3) is 0 Å². The van der Waals surface area contributed by atoms with Crippen molar-refractivity contribution in [3.05, 3.63) is 35.4 Å². The Labute approximate surface area is 150 Å². The second-order valence-electron chi connectivity index (χ2n) is 7.55. The topological polar surface area (TPSA) is 52.7 Å². The summed E-state index contributed by atoms with van der Waals surface area (Å²) in [6.07, 6.45) is 2.74. The first-order chi connectivity index (χ1) is 11.9. The third-order valence-electron chi connectivity index (χ3n) is 5.49. The molecule has 1 aromatic carbocycles. The smallest absolute Gasteiger partial charge is 0.225 e. The highest BCUT2D eigenvalue weighted by Crippen LogP contribution is 2.26. The predicted octanol–water partition coefficient (Wildman–Crippen LogP) is 2.26. The van der Waals surface area contributed by atoms with Gasteiger partial charge in [-0.25, -0.2) is 0 Å². The average molecular weight is 343 g/mol. The van der Waals surface area contributed by atoms with E-state index in [-0.39, 0.29) is 23.9 Å². The van der Waals surface area contributed by atoms with Crippen LogP contribution in [0.1, 0.15) is 50.3 Å². The molecule has 0 saturated carbocycles. The molecule has 2 fully saturated rings. The van der Waals surface area contributed by atoms with Gasteiger partial charge in [0.05, 0.1) is 12.5 Å². The van der Waals surface area contributed by atoms with Crippen molar-refractivity contribution in [3.8, 4) is 0 Å². The Kier molecular flexibility index (Phi) is 5.42. The monoisotopic (exact) mass is 343 g/mol. The van der Waals surface area contributed by atoms with Gasteiger partial charge in [-0.05, 0) is 38.8 Å². The second kappa shape index (κ2) is 7.56. The van der Waals surface area contributed by atoms with Crippen LogP contribution in [0.2, 0.25) is 0 Å². The lowest BCUT2D eigenvalue weighted by Crippen LogP contribution is -2.57. The third kappa shape index (κ3) is 4.21. The maximum atomic E-state index is 13.0. The molecule has 0 radical (unpaired) electrons. The number of aryl methyl sites for hydroxylation is 1. The van der Waals surface area contributed by atoms with Gasteiger partial charge in [-0.1, -0.05) is 29.8 Å². The molecule has 1 aromatic rings. The van der Waals surface area contributed by atoms with E-state index < -0.39 is 0 Å². The molecule has 3 rings (SSSR count). The number of carbonyl (C=O) groups is 2. The zero-order valence-electron chi connectivity index (χ0n) is 15.5. The number of fused-ring (bicyclic) bond motifs is 1. The summed E-state index contributed by atoms with van der Waals surface area (Å²) >= 11 is 0. The van der Waals surface area contributed by atoms with Crippen molar-refractivity contribution in [2.45, 2.75) is 58.2 Å². The van der Waals surface area contributed by atoms with Gasteiger partial charge in [0.1, 0.15) is 0 Å². The Balaban J connectivity index is 1.71. The minimum atomic E-state index is -0.264. The van der Waals surface area contributed by atoms with E-state index in [0.29, 0.717) is 12.5 Å². The molecular weight excluding hydrogens is 314 g/mol. The molecule has 0 aromatic heterocycles. The van der Waals surface area contributed by atoms with Gasteiger partial charge < -0.3 is 10.2 Å². The van der Waals surface area contributed by atoms with E-state index in [9.17, 15) is 9.59 Å². The maximum absolute atomic E-state index is 13.0. The van der Waals surface area contributed by atoms with Crippen LogP contribution >= 0.6 is 0 Å². The summed E-state index contributed by atoms with van der Waals surface area (Å²) in [5.74, 6) is 0.0328. The fourth-order valence-electron chi connectivity index (χ4n) is 4.12. The molecule has 2 aliphatic rings. The van der Waals surface area contributed by atoms with Crippen LogP contribution in [0, 0.1) is 6.92 Å². The Bertz CT molecular complexity index is 628. The zero-order chi connectivity index (χ0) is 18.0. The minimum absolute atomic E-state index is 0.105. The largest absolute Gasteiger partial charge is 0.349 e. The average Bonchev–Trinajstić information content (AvgIpc) is 3.00. The van der Waals surface area contributed by atoms with E-state index in [1.165, 1.54) is 25.3 Å². The highest BCUT2D eigenvalue weighted by molar-refractivity contribution is 5.79. The molecule has 0 bridgehead atoms. The van der Waals surface area contributed by atoms with E-state index in [4.69, 9.17) is 0 Å². The summed E-state index contributed by atoms with van der Waals surface area (Å²) in [7, 11) is 0. The summed E-state index contributed by atoms with van der Waals surface area (Å²) in [5, 5.41) is 2.95. The highest BCUT2D eigenvalue weighted by Gasteiger charge is 2.37. The van der Waals surface area contributed by atoms with Crippen molar-refractivity contribution < 1.29 is 9.59 Å². The number of nitrogens with zero attached hydrogens (tertiary/aromatic N) is 2. The summed E-state index contributed by atoms with van der Waals surface area (Å²) in [6, 6.07) is 8.53. The number of amides is 2. The minimum Gasteiger partial charge on any atom is -0.349 e. The molecule has 0 spiro atoms. The highest BCUT2D eigenvalue weighted by atomic mass is 16.2. The van der Waals surface area contributed by atoms with Crippen molar-refractivity contribution in [3.63, 3.8) is 0 Å². The number of nitrogens with one attached hydrogen (secondary N) is 1. The molecule has 2 amide bonds. The fraction of sp³-hybridized carbons (Fsp3) is 0.600. The van der Waals surface area contributed by atoms with Crippen molar-refractivity contribution in [2.24, 2.45) is 0 Å². The van der Waals surface area contributed by atoms with Crippen molar-refractivity contribution >= 4 is 11.8 Å². The van der Waals surface area contributed by atoms with Gasteiger partial charge in [-0.15, -0.1) is 0 Å². The van der Waals surface area contributed by atoms with Gasteiger partial charge >= 0.3 is 0 Å². The Morgan fingerprint density at radius 1 is 1.24 bits per heavy atom. The standard InChI is InChI=1S/C20H29N3O2/c1-14-6-8-17(9-7-14)19(21-16(3)24)11-20(25)23-13-18-5-4-10-22(18)12-15(23)2/h6-9,15,18-19H,4-5,10-13H2,1-3H3,(H,21,24)/t15-,18+,19+/m0/s1. The molecular formula is C20H29N3O2. The molecule has 1 N–H and O–H groups in total. The summed E-state index contributed by atoms with van der Waals surface area (Å²) in [5.41, 5.74) is 2.16. The number of carbonyl (C=O) groups excluding carboxylic acids is 2. The van der Waals surface area contributed by atoms with Crippen LogP contribution in [0.15, 0.2) is 24.3 Å². The molecule has 2 aliphatic heterocycles. The summed E-state index contributed by atoms with van der Waals surface area (Å²) in [4.78, 5) is 29.1. The molecule has 0 unspecified atom stereocenters. The molecule has 0 aliphatic carbocycles.